The molecule has 0 aliphatic rings. The van der Waals surface area contributed by atoms with Crippen LogP contribution in [-0.4, -0.2) is 18.5 Å². The number of nitrogens with one attached hydrogen (secondary N) is 1. The van der Waals surface area contributed by atoms with Crippen molar-refractivity contribution in [1.29, 1.82) is 0 Å². The van der Waals surface area contributed by atoms with Gasteiger partial charge in [-0.1, -0.05) is 34.1 Å². The molecule has 1 atom stereocenters. The van der Waals surface area contributed by atoms with E-state index < -0.39 is 5.97 Å². The van der Waals surface area contributed by atoms with Crippen molar-refractivity contribution in [3.8, 4) is 0 Å². The number of carbonyl (C=O) groups excluding carboxylic acids is 2. The van der Waals surface area contributed by atoms with Gasteiger partial charge in [-0.3, -0.25) is 4.79 Å². The van der Waals surface area contributed by atoms with Crippen LogP contribution in [0.15, 0.2) is 52.3 Å². The Morgan fingerprint density at radius 1 is 1.30 bits per heavy atom. The fourth-order valence-corrected chi connectivity index (χ4v) is 2.81. The van der Waals surface area contributed by atoms with Crippen LogP contribution in [0.1, 0.15) is 23.4 Å². The van der Waals surface area contributed by atoms with Crippen LogP contribution in [-0.2, 0) is 14.3 Å². The molecular weight excluding hydrogens is 378 g/mol. The largest absolute Gasteiger partial charge is 0.452 e. The maximum Gasteiger partial charge on any atom is 0.331 e. The van der Waals surface area contributed by atoms with E-state index in [-0.39, 0.29) is 18.6 Å². The summed E-state index contributed by atoms with van der Waals surface area (Å²) in [6.07, 6.45) is 2.94. The van der Waals surface area contributed by atoms with E-state index in [2.05, 4.69) is 21.2 Å². The third-order valence-electron chi connectivity index (χ3n) is 2.97. The molecule has 0 fully saturated rings. The summed E-state index contributed by atoms with van der Waals surface area (Å²) in [5.41, 5.74) is 0.876. The summed E-state index contributed by atoms with van der Waals surface area (Å²) in [7, 11) is 0. The minimum Gasteiger partial charge on any atom is -0.452 e. The van der Waals surface area contributed by atoms with Crippen molar-refractivity contribution in [1.82, 2.24) is 5.32 Å². The average Bonchev–Trinajstić information content (AvgIpc) is 3.07. The lowest BCUT2D eigenvalue weighted by Crippen LogP contribution is -2.30. The maximum absolute atomic E-state index is 11.8. The van der Waals surface area contributed by atoms with E-state index in [1.54, 1.807) is 17.4 Å². The number of rotatable bonds is 6. The molecule has 6 heteroatoms. The summed E-state index contributed by atoms with van der Waals surface area (Å²) in [5, 5.41) is 4.73. The quantitative estimate of drug-likeness (QED) is 0.597. The summed E-state index contributed by atoms with van der Waals surface area (Å²) in [5.74, 6) is -0.872. The van der Waals surface area contributed by atoms with Crippen LogP contribution < -0.4 is 5.32 Å². The fourth-order valence-electron chi connectivity index (χ4n) is 1.81. The first-order valence-electron chi connectivity index (χ1n) is 6.98. The van der Waals surface area contributed by atoms with Gasteiger partial charge in [-0.05, 0) is 42.1 Å². The molecule has 4 nitrogen and oxygen atoms in total. The third kappa shape index (κ3) is 6.00. The standard InChI is InChI=1S/C17H16BrNO3S/c1-12(15-3-2-10-23-15)19-16(20)11-22-17(21)9-6-13-4-7-14(18)8-5-13/h2-10,12H,11H2,1H3,(H,19,20)/b9-6+/t12-/m1/s1. The lowest BCUT2D eigenvalue weighted by molar-refractivity contribution is -0.144. The number of carbonyl (C=O) groups is 2. The second-order valence-corrected chi connectivity index (χ2v) is 6.69. The van der Waals surface area contributed by atoms with Gasteiger partial charge >= 0.3 is 5.97 Å². The van der Waals surface area contributed by atoms with Gasteiger partial charge in [0.15, 0.2) is 6.61 Å². The van der Waals surface area contributed by atoms with Crippen molar-refractivity contribution in [3.05, 3.63) is 62.8 Å². The van der Waals surface area contributed by atoms with Crippen molar-refractivity contribution < 1.29 is 14.3 Å². The second kappa shape index (κ2) is 8.64. The van der Waals surface area contributed by atoms with E-state index in [1.807, 2.05) is 48.7 Å². The second-order valence-electron chi connectivity index (χ2n) is 4.80. The van der Waals surface area contributed by atoms with E-state index in [0.717, 1.165) is 14.9 Å². The number of amides is 1. The Hall–Kier alpha value is -1.92. The highest BCUT2D eigenvalue weighted by atomic mass is 79.9. The molecule has 0 unspecified atom stereocenters. The Morgan fingerprint density at radius 2 is 2.04 bits per heavy atom. The molecule has 1 heterocycles. The molecule has 0 radical (unpaired) electrons. The number of hydrogen-bond donors (Lipinski definition) is 1. The highest BCUT2D eigenvalue weighted by Gasteiger charge is 2.11. The molecule has 0 saturated carbocycles. The minimum atomic E-state index is -0.549. The van der Waals surface area contributed by atoms with Crippen LogP contribution in [0.3, 0.4) is 0 Å². The Morgan fingerprint density at radius 3 is 2.70 bits per heavy atom. The van der Waals surface area contributed by atoms with Crippen molar-refractivity contribution in [2.75, 3.05) is 6.61 Å². The van der Waals surface area contributed by atoms with Crippen LogP contribution in [0.5, 0.6) is 0 Å². The molecule has 1 aromatic heterocycles. The third-order valence-corrected chi connectivity index (χ3v) is 4.56. The number of esters is 1. The van der Waals surface area contributed by atoms with Gasteiger partial charge in [-0.25, -0.2) is 4.79 Å². The van der Waals surface area contributed by atoms with Gasteiger partial charge < -0.3 is 10.1 Å². The van der Waals surface area contributed by atoms with E-state index in [9.17, 15) is 9.59 Å². The first kappa shape index (κ1) is 17.4. The summed E-state index contributed by atoms with van der Waals surface area (Å²) in [6.45, 7) is 1.60. The van der Waals surface area contributed by atoms with Gasteiger partial charge in [-0.15, -0.1) is 11.3 Å². The van der Waals surface area contributed by atoms with Crippen LogP contribution >= 0.6 is 27.3 Å². The zero-order chi connectivity index (χ0) is 16.7. The Balaban J connectivity index is 1.75. The Kier molecular flexibility index (Phi) is 6.55. The fraction of sp³-hybridized carbons (Fsp3) is 0.176. The zero-order valence-electron chi connectivity index (χ0n) is 12.5. The van der Waals surface area contributed by atoms with Crippen LogP contribution in [0, 0.1) is 0 Å². The van der Waals surface area contributed by atoms with Gasteiger partial charge in [0, 0.05) is 15.4 Å². The van der Waals surface area contributed by atoms with Crippen molar-refractivity contribution in [2.24, 2.45) is 0 Å². The molecule has 0 bridgehead atoms. The summed E-state index contributed by atoms with van der Waals surface area (Å²) >= 11 is 4.91. The van der Waals surface area contributed by atoms with E-state index in [1.165, 1.54) is 6.08 Å². The normalized spacial score (nSPS) is 12.1. The van der Waals surface area contributed by atoms with Crippen LogP contribution in [0.4, 0.5) is 0 Å². The van der Waals surface area contributed by atoms with Gasteiger partial charge in [0.1, 0.15) is 0 Å². The Labute approximate surface area is 147 Å². The number of hydrogen-bond acceptors (Lipinski definition) is 4. The van der Waals surface area contributed by atoms with Crippen LogP contribution in [0.25, 0.3) is 6.08 Å². The lowest BCUT2D eigenvalue weighted by atomic mass is 10.2. The molecule has 1 amide bonds. The zero-order valence-corrected chi connectivity index (χ0v) is 14.9. The number of thiophene rings is 1. The molecule has 2 aromatic rings. The lowest BCUT2D eigenvalue weighted by Gasteiger charge is -2.11. The molecule has 2 rings (SSSR count). The molecule has 0 aliphatic carbocycles. The average molecular weight is 394 g/mol. The molecule has 1 N–H and O–H groups in total. The molecular formula is C17H16BrNO3S. The van der Waals surface area contributed by atoms with E-state index in [4.69, 9.17) is 4.74 Å². The first-order chi connectivity index (χ1) is 11.0. The van der Waals surface area contributed by atoms with Gasteiger partial charge in [-0.2, -0.15) is 0 Å². The highest BCUT2D eigenvalue weighted by molar-refractivity contribution is 9.10. The first-order valence-corrected chi connectivity index (χ1v) is 8.65. The monoisotopic (exact) mass is 393 g/mol. The molecule has 0 aliphatic heterocycles. The predicted octanol–water partition coefficient (Wildman–Crippen LogP) is 3.94. The molecule has 0 spiro atoms. The predicted molar refractivity (Wildman–Crippen MR) is 95.0 cm³/mol. The molecule has 1 aromatic carbocycles. The van der Waals surface area contributed by atoms with E-state index >= 15 is 0 Å². The number of ether oxygens (including phenoxy) is 1. The van der Waals surface area contributed by atoms with Gasteiger partial charge in [0.2, 0.25) is 0 Å². The van der Waals surface area contributed by atoms with Gasteiger partial charge in [0.25, 0.3) is 5.91 Å². The SMILES string of the molecule is C[C@@H](NC(=O)COC(=O)/C=C/c1ccc(Br)cc1)c1cccs1. The smallest absolute Gasteiger partial charge is 0.331 e. The number of halogens is 1. The molecule has 120 valence electrons. The van der Waals surface area contributed by atoms with Crippen molar-refractivity contribution in [3.63, 3.8) is 0 Å². The summed E-state index contributed by atoms with van der Waals surface area (Å²) in [6, 6.07) is 11.3. The maximum atomic E-state index is 11.8. The summed E-state index contributed by atoms with van der Waals surface area (Å²) in [4.78, 5) is 24.4. The Bertz CT molecular complexity index is 680. The van der Waals surface area contributed by atoms with E-state index in [0.29, 0.717) is 0 Å². The van der Waals surface area contributed by atoms with Crippen molar-refractivity contribution in [2.45, 2.75) is 13.0 Å². The molecule has 23 heavy (non-hydrogen) atoms. The van der Waals surface area contributed by atoms with Crippen molar-refractivity contribution >= 4 is 45.2 Å². The topological polar surface area (TPSA) is 55.4 Å². The summed E-state index contributed by atoms with van der Waals surface area (Å²) < 4.78 is 5.89. The van der Waals surface area contributed by atoms with Crippen LogP contribution in [0.2, 0.25) is 0 Å². The number of benzene rings is 1. The highest BCUT2D eigenvalue weighted by Crippen LogP contribution is 2.17. The molecule has 0 saturated heterocycles. The minimum absolute atomic E-state index is 0.0977. The van der Waals surface area contributed by atoms with Gasteiger partial charge in [0.05, 0.1) is 6.04 Å².